The Bertz CT molecular complexity index is 323. The van der Waals surface area contributed by atoms with E-state index in [0.717, 1.165) is 0 Å². The topological polar surface area (TPSA) is 20.2 Å². The Labute approximate surface area is 96.1 Å². The molecule has 0 radical (unpaired) electrons. The molecule has 1 unspecified atom stereocenters. The van der Waals surface area contributed by atoms with E-state index < -0.39 is 0 Å². The third kappa shape index (κ3) is 2.43. The van der Waals surface area contributed by atoms with E-state index >= 15 is 0 Å². The summed E-state index contributed by atoms with van der Waals surface area (Å²) in [5, 5.41) is 10.3. The van der Waals surface area contributed by atoms with E-state index in [1.54, 1.807) is 11.3 Å². The van der Waals surface area contributed by atoms with E-state index in [-0.39, 0.29) is 6.10 Å². The zero-order chi connectivity index (χ0) is 10.8. The van der Waals surface area contributed by atoms with Crippen molar-refractivity contribution in [3.05, 3.63) is 21.4 Å². The first-order chi connectivity index (χ1) is 7.18. The standard InChI is InChI=1S/C13H20OS/c1-9-8-10(2)15-13(9)12(14)11-6-4-3-5-7-11/h8,11-12,14H,3-7H2,1-2H3. The Hall–Kier alpha value is -0.340. The van der Waals surface area contributed by atoms with Gasteiger partial charge in [0.05, 0.1) is 6.10 Å². The van der Waals surface area contributed by atoms with Crippen LogP contribution >= 0.6 is 11.3 Å². The molecule has 2 rings (SSSR count). The number of thiophene rings is 1. The second kappa shape index (κ2) is 4.67. The van der Waals surface area contributed by atoms with Crippen molar-refractivity contribution < 1.29 is 5.11 Å². The zero-order valence-corrected chi connectivity index (χ0v) is 10.4. The van der Waals surface area contributed by atoms with Gasteiger partial charge in [-0.15, -0.1) is 11.3 Å². The molecule has 0 bridgehead atoms. The number of rotatable bonds is 2. The molecular formula is C13H20OS. The molecule has 84 valence electrons. The fourth-order valence-corrected chi connectivity index (χ4v) is 3.73. The van der Waals surface area contributed by atoms with Crippen molar-refractivity contribution in [2.45, 2.75) is 52.1 Å². The third-order valence-electron chi connectivity index (χ3n) is 3.44. The lowest BCUT2D eigenvalue weighted by atomic mass is 9.84. The van der Waals surface area contributed by atoms with Gasteiger partial charge in [0.15, 0.2) is 0 Å². The van der Waals surface area contributed by atoms with E-state index in [1.807, 2.05) is 0 Å². The summed E-state index contributed by atoms with van der Waals surface area (Å²) in [6.45, 7) is 4.24. The zero-order valence-electron chi connectivity index (χ0n) is 9.62. The molecule has 0 aromatic carbocycles. The van der Waals surface area contributed by atoms with Crippen molar-refractivity contribution in [1.82, 2.24) is 0 Å². The summed E-state index contributed by atoms with van der Waals surface area (Å²) >= 11 is 1.77. The van der Waals surface area contributed by atoms with Crippen LogP contribution in [0.25, 0.3) is 0 Å². The molecule has 0 spiro atoms. The summed E-state index contributed by atoms with van der Waals surface area (Å²) in [5.41, 5.74) is 1.27. The molecule has 0 saturated heterocycles. The summed E-state index contributed by atoms with van der Waals surface area (Å²) in [4.78, 5) is 2.52. The maximum Gasteiger partial charge on any atom is 0.0912 e. The molecule has 1 aromatic heterocycles. The van der Waals surface area contributed by atoms with Crippen LogP contribution in [0.1, 0.15) is 53.5 Å². The lowest BCUT2D eigenvalue weighted by Gasteiger charge is -2.26. The predicted octanol–water partition coefficient (Wildman–Crippen LogP) is 3.98. The number of aliphatic hydroxyl groups is 1. The second-order valence-electron chi connectivity index (χ2n) is 4.75. The van der Waals surface area contributed by atoms with Crippen LogP contribution in [0.2, 0.25) is 0 Å². The van der Waals surface area contributed by atoms with Crippen molar-refractivity contribution in [3.8, 4) is 0 Å². The Balaban J connectivity index is 2.12. The molecule has 1 saturated carbocycles. The van der Waals surface area contributed by atoms with Crippen LogP contribution < -0.4 is 0 Å². The van der Waals surface area contributed by atoms with Crippen molar-refractivity contribution in [2.24, 2.45) is 5.92 Å². The highest BCUT2D eigenvalue weighted by atomic mass is 32.1. The normalized spacial score (nSPS) is 20.5. The maximum atomic E-state index is 10.3. The lowest BCUT2D eigenvalue weighted by molar-refractivity contribution is 0.0874. The van der Waals surface area contributed by atoms with Crippen LogP contribution in [-0.4, -0.2) is 5.11 Å². The number of aliphatic hydroxyl groups excluding tert-OH is 1. The van der Waals surface area contributed by atoms with Gasteiger partial charge in [0.25, 0.3) is 0 Å². The molecule has 15 heavy (non-hydrogen) atoms. The van der Waals surface area contributed by atoms with Crippen molar-refractivity contribution in [1.29, 1.82) is 0 Å². The monoisotopic (exact) mass is 224 g/mol. The average molecular weight is 224 g/mol. The molecule has 2 heteroatoms. The molecule has 1 N–H and O–H groups in total. The molecule has 0 amide bonds. The third-order valence-corrected chi connectivity index (χ3v) is 4.67. The van der Waals surface area contributed by atoms with E-state index in [2.05, 4.69) is 19.9 Å². The smallest absolute Gasteiger partial charge is 0.0912 e. The van der Waals surface area contributed by atoms with E-state index in [0.29, 0.717) is 5.92 Å². The fraction of sp³-hybridized carbons (Fsp3) is 0.692. The summed E-state index contributed by atoms with van der Waals surface area (Å²) in [6, 6.07) is 2.19. The first-order valence-electron chi connectivity index (χ1n) is 5.93. The van der Waals surface area contributed by atoms with Gasteiger partial charge < -0.3 is 5.11 Å². The largest absolute Gasteiger partial charge is 0.387 e. The highest BCUT2D eigenvalue weighted by Crippen LogP contribution is 2.38. The molecule has 1 fully saturated rings. The SMILES string of the molecule is Cc1cc(C)c(C(O)C2CCCCC2)s1. The number of hydrogen-bond donors (Lipinski definition) is 1. The first-order valence-corrected chi connectivity index (χ1v) is 6.75. The Kier molecular flexibility index (Phi) is 3.47. The molecule has 1 nitrogen and oxygen atoms in total. The maximum absolute atomic E-state index is 10.3. The molecule has 1 aliphatic carbocycles. The minimum atomic E-state index is -0.205. The average Bonchev–Trinajstić information content (AvgIpc) is 2.58. The molecule has 1 atom stereocenters. The van der Waals surface area contributed by atoms with E-state index in [4.69, 9.17) is 0 Å². The van der Waals surface area contributed by atoms with Crippen LogP contribution in [0.3, 0.4) is 0 Å². The molecule has 1 aromatic rings. The summed E-state index contributed by atoms with van der Waals surface area (Å²) in [7, 11) is 0. The number of hydrogen-bond acceptors (Lipinski definition) is 2. The van der Waals surface area contributed by atoms with Crippen LogP contribution in [0.4, 0.5) is 0 Å². The van der Waals surface area contributed by atoms with Crippen molar-refractivity contribution in [2.75, 3.05) is 0 Å². The second-order valence-corrected chi connectivity index (χ2v) is 6.04. The van der Waals surface area contributed by atoms with Gasteiger partial charge in [0.1, 0.15) is 0 Å². The molecule has 0 aliphatic heterocycles. The van der Waals surface area contributed by atoms with Gasteiger partial charge in [-0.2, -0.15) is 0 Å². The summed E-state index contributed by atoms with van der Waals surface area (Å²) in [5.74, 6) is 0.510. The van der Waals surface area contributed by atoms with E-state index in [1.165, 1.54) is 47.4 Å². The van der Waals surface area contributed by atoms with Gasteiger partial charge >= 0.3 is 0 Å². The van der Waals surface area contributed by atoms with Crippen LogP contribution in [0.5, 0.6) is 0 Å². The predicted molar refractivity (Wildman–Crippen MR) is 65.3 cm³/mol. The lowest BCUT2D eigenvalue weighted by Crippen LogP contribution is -2.15. The fourth-order valence-electron chi connectivity index (χ4n) is 2.62. The molecule has 1 aliphatic rings. The Morgan fingerprint density at radius 1 is 1.27 bits per heavy atom. The Morgan fingerprint density at radius 3 is 2.47 bits per heavy atom. The summed E-state index contributed by atoms with van der Waals surface area (Å²) < 4.78 is 0. The van der Waals surface area contributed by atoms with Gasteiger partial charge in [-0.3, -0.25) is 0 Å². The van der Waals surface area contributed by atoms with E-state index in [9.17, 15) is 5.11 Å². The minimum Gasteiger partial charge on any atom is -0.387 e. The van der Waals surface area contributed by atoms with Crippen molar-refractivity contribution >= 4 is 11.3 Å². The van der Waals surface area contributed by atoms with Gasteiger partial charge in [0, 0.05) is 9.75 Å². The van der Waals surface area contributed by atoms with Gasteiger partial charge in [-0.25, -0.2) is 0 Å². The minimum absolute atomic E-state index is 0.205. The number of aryl methyl sites for hydroxylation is 2. The highest BCUT2D eigenvalue weighted by Gasteiger charge is 2.25. The Morgan fingerprint density at radius 2 is 1.93 bits per heavy atom. The van der Waals surface area contributed by atoms with Gasteiger partial charge in [-0.1, -0.05) is 19.3 Å². The molecular weight excluding hydrogens is 204 g/mol. The quantitative estimate of drug-likeness (QED) is 0.805. The summed E-state index contributed by atoms with van der Waals surface area (Å²) in [6.07, 6.45) is 6.15. The molecule has 1 heterocycles. The van der Waals surface area contributed by atoms with Crippen LogP contribution in [-0.2, 0) is 0 Å². The van der Waals surface area contributed by atoms with Crippen molar-refractivity contribution in [3.63, 3.8) is 0 Å². The van der Waals surface area contributed by atoms with Crippen LogP contribution in [0.15, 0.2) is 6.07 Å². The van der Waals surface area contributed by atoms with Gasteiger partial charge in [0.2, 0.25) is 0 Å². The first kappa shape index (κ1) is 11.2. The van der Waals surface area contributed by atoms with Crippen LogP contribution in [0, 0.1) is 19.8 Å². The highest BCUT2D eigenvalue weighted by molar-refractivity contribution is 7.12. The van der Waals surface area contributed by atoms with Gasteiger partial charge in [-0.05, 0) is 44.2 Å².